The van der Waals surface area contributed by atoms with Gasteiger partial charge in [-0.3, -0.25) is 9.78 Å². The van der Waals surface area contributed by atoms with Crippen molar-refractivity contribution in [3.05, 3.63) is 28.0 Å². The predicted octanol–water partition coefficient (Wildman–Crippen LogP) is 2.94. The van der Waals surface area contributed by atoms with Crippen LogP contribution >= 0.6 is 31.9 Å². The second-order valence-electron chi connectivity index (χ2n) is 2.35. The first kappa shape index (κ1) is 9.86. The van der Waals surface area contributed by atoms with Crippen molar-refractivity contribution < 1.29 is 4.79 Å². The number of rotatable bonds is 2. The number of halogens is 2. The summed E-state index contributed by atoms with van der Waals surface area (Å²) in [5.41, 5.74) is 1.45. The minimum Gasteiger partial charge on any atom is -0.293 e. The van der Waals surface area contributed by atoms with Crippen LogP contribution in [0.4, 0.5) is 0 Å². The number of carbonyl (C=O) groups excluding carboxylic acids is 1. The Kier molecular flexibility index (Phi) is 3.40. The molecule has 0 saturated heterocycles. The second-order valence-corrected chi connectivity index (χ2v) is 3.83. The number of hydrogen-bond donors (Lipinski definition) is 0. The monoisotopic (exact) mass is 291 g/mol. The Morgan fingerprint density at radius 3 is 2.83 bits per heavy atom. The highest BCUT2D eigenvalue weighted by atomic mass is 79.9. The zero-order valence-corrected chi connectivity index (χ0v) is 9.65. The van der Waals surface area contributed by atoms with Crippen LogP contribution in [-0.2, 0) is 5.33 Å². The second kappa shape index (κ2) is 4.14. The lowest BCUT2D eigenvalue weighted by atomic mass is 10.2. The summed E-state index contributed by atoms with van der Waals surface area (Å²) in [6.45, 7) is 1.52. The van der Waals surface area contributed by atoms with Gasteiger partial charge in [-0.15, -0.1) is 0 Å². The molecule has 0 N–H and O–H groups in total. The van der Waals surface area contributed by atoms with Crippen molar-refractivity contribution in [2.75, 3.05) is 0 Å². The molecule has 4 heteroatoms. The third-order valence-electron chi connectivity index (χ3n) is 1.41. The average Bonchev–Trinajstić information content (AvgIpc) is 2.03. The molecule has 1 heterocycles. The lowest BCUT2D eigenvalue weighted by Crippen LogP contribution is -2.01. The van der Waals surface area contributed by atoms with Gasteiger partial charge in [0.25, 0.3) is 0 Å². The first-order valence-corrected chi connectivity index (χ1v) is 5.28. The summed E-state index contributed by atoms with van der Waals surface area (Å²) >= 11 is 6.59. The lowest BCUT2D eigenvalue weighted by Gasteiger charge is -2.01. The zero-order chi connectivity index (χ0) is 9.14. The van der Waals surface area contributed by atoms with E-state index >= 15 is 0 Å². The number of Topliss-reactive ketones (excluding diaryl/α,β-unsaturated/α-hetero) is 1. The van der Waals surface area contributed by atoms with Crippen molar-refractivity contribution in [3.8, 4) is 0 Å². The summed E-state index contributed by atoms with van der Waals surface area (Å²) in [6, 6.07) is 1.89. The van der Waals surface area contributed by atoms with E-state index in [0.717, 1.165) is 10.0 Å². The van der Waals surface area contributed by atoms with Crippen LogP contribution in [0.2, 0.25) is 0 Å². The Bertz CT molecular complexity index is 312. The van der Waals surface area contributed by atoms with Crippen LogP contribution in [0.15, 0.2) is 16.7 Å². The van der Waals surface area contributed by atoms with E-state index in [-0.39, 0.29) is 5.78 Å². The molecule has 12 heavy (non-hydrogen) atoms. The van der Waals surface area contributed by atoms with Crippen LogP contribution < -0.4 is 0 Å². The maximum absolute atomic E-state index is 11.0. The highest BCUT2D eigenvalue weighted by Gasteiger charge is 2.07. The smallest absolute Gasteiger partial charge is 0.178 e. The standard InChI is InChI=1S/C8H7Br2NO/c1-5(12)8-6(3-9)2-7(10)4-11-8/h2,4H,3H2,1H3. The highest BCUT2D eigenvalue weighted by molar-refractivity contribution is 9.10. The van der Waals surface area contributed by atoms with E-state index in [1.807, 2.05) is 6.07 Å². The first-order valence-electron chi connectivity index (χ1n) is 3.36. The van der Waals surface area contributed by atoms with Crippen molar-refractivity contribution in [1.29, 1.82) is 0 Å². The van der Waals surface area contributed by atoms with Crippen LogP contribution in [0.25, 0.3) is 0 Å². The number of ketones is 1. The van der Waals surface area contributed by atoms with E-state index in [1.165, 1.54) is 6.92 Å². The molecule has 0 radical (unpaired) electrons. The van der Waals surface area contributed by atoms with Gasteiger partial charge in [0.15, 0.2) is 5.78 Å². The van der Waals surface area contributed by atoms with Gasteiger partial charge < -0.3 is 0 Å². The Hall–Kier alpha value is -0.220. The fourth-order valence-electron chi connectivity index (χ4n) is 0.900. The van der Waals surface area contributed by atoms with Crippen LogP contribution in [0.3, 0.4) is 0 Å². The van der Waals surface area contributed by atoms with Gasteiger partial charge in [-0.1, -0.05) is 15.9 Å². The van der Waals surface area contributed by atoms with Crippen molar-refractivity contribution in [1.82, 2.24) is 4.98 Å². The molecule has 0 saturated carbocycles. The van der Waals surface area contributed by atoms with Gasteiger partial charge in [0, 0.05) is 22.9 Å². The fourth-order valence-corrected chi connectivity index (χ4v) is 1.71. The summed E-state index contributed by atoms with van der Waals surface area (Å²) in [6.07, 6.45) is 1.63. The van der Waals surface area contributed by atoms with E-state index in [9.17, 15) is 4.79 Å². The van der Waals surface area contributed by atoms with E-state index in [4.69, 9.17) is 0 Å². The van der Waals surface area contributed by atoms with Crippen LogP contribution in [0, 0.1) is 0 Å². The molecule has 0 fully saturated rings. The molecular weight excluding hydrogens is 286 g/mol. The van der Waals surface area contributed by atoms with Crippen molar-refractivity contribution in [2.24, 2.45) is 0 Å². The molecule has 1 aromatic rings. The molecule has 0 spiro atoms. The number of hydrogen-bond acceptors (Lipinski definition) is 2. The van der Waals surface area contributed by atoms with E-state index < -0.39 is 0 Å². The molecule has 0 aliphatic rings. The van der Waals surface area contributed by atoms with Crippen LogP contribution in [-0.4, -0.2) is 10.8 Å². The SMILES string of the molecule is CC(=O)c1ncc(Br)cc1CBr. The van der Waals surface area contributed by atoms with Crippen LogP contribution in [0.1, 0.15) is 23.0 Å². The lowest BCUT2D eigenvalue weighted by molar-refractivity contribution is 0.101. The first-order chi connectivity index (χ1) is 5.65. The van der Waals surface area contributed by atoms with Crippen molar-refractivity contribution >= 4 is 37.6 Å². The third-order valence-corrected chi connectivity index (χ3v) is 2.45. The summed E-state index contributed by atoms with van der Waals surface area (Å²) in [5.74, 6) is -0.00282. The number of pyridine rings is 1. The highest BCUT2D eigenvalue weighted by Crippen LogP contribution is 2.16. The maximum Gasteiger partial charge on any atom is 0.178 e. The molecule has 0 atom stereocenters. The largest absolute Gasteiger partial charge is 0.293 e. The molecule has 0 unspecified atom stereocenters. The summed E-state index contributed by atoms with van der Waals surface area (Å²) < 4.78 is 0.891. The number of aromatic nitrogens is 1. The Morgan fingerprint density at radius 2 is 2.33 bits per heavy atom. The third kappa shape index (κ3) is 2.14. The van der Waals surface area contributed by atoms with Gasteiger partial charge in [-0.05, 0) is 27.6 Å². The molecule has 1 rings (SSSR count). The predicted molar refractivity (Wildman–Crippen MR) is 54.6 cm³/mol. The van der Waals surface area contributed by atoms with Gasteiger partial charge in [0.05, 0.1) is 0 Å². The molecule has 2 nitrogen and oxygen atoms in total. The Balaban J connectivity index is 3.20. The summed E-state index contributed by atoms with van der Waals surface area (Å²) in [5, 5.41) is 0.647. The van der Waals surface area contributed by atoms with Gasteiger partial charge in [0.1, 0.15) is 5.69 Å². The fraction of sp³-hybridized carbons (Fsp3) is 0.250. The van der Waals surface area contributed by atoms with Gasteiger partial charge in [0.2, 0.25) is 0 Å². The van der Waals surface area contributed by atoms with Gasteiger partial charge >= 0.3 is 0 Å². The normalized spacial score (nSPS) is 9.92. The van der Waals surface area contributed by atoms with E-state index in [1.54, 1.807) is 6.20 Å². The van der Waals surface area contributed by atoms with Crippen molar-refractivity contribution in [2.45, 2.75) is 12.3 Å². The Labute approximate surface area is 87.6 Å². The van der Waals surface area contributed by atoms with Gasteiger partial charge in [-0.25, -0.2) is 0 Å². The average molecular weight is 293 g/mol. The molecule has 64 valence electrons. The molecular formula is C8H7Br2NO. The number of nitrogens with zero attached hydrogens (tertiary/aromatic N) is 1. The van der Waals surface area contributed by atoms with Crippen molar-refractivity contribution in [3.63, 3.8) is 0 Å². The topological polar surface area (TPSA) is 30.0 Å². The Morgan fingerprint density at radius 1 is 1.67 bits per heavy atom. The number of carbonyl (C=O) groups is 1. The molecule has 0 amide bonds. The van der Waals surface area contributed by atoms with Crippen LogP contribution in [0.5, 0.6) is 0 Å². The molecule has 0 bridgehead atoms. The molecule has 0 aromatic carbocycles. The molecule has 1 aromatic heterocycles. The maximum atomic E-state index is 11.0. The van der Waals surface area contributed by atoms with E-state index in [0.29, 0.717) is 11.0 Å². The quantitative estimate of drug-likeness (QED) is 0.620. The number of alkyl halides is 1. The summed E-state index contributed by atoms with van der Waals surface area (Å²) in [4.78, 5) is 15.1. The minimum atomic E-state index is -0.00282. The van der Waals surface area contributed by atoms with E-state index in [2.05, 4.69) is 36.8 Å². The van der Waals surface area contributed by atoms with Gasteiger partial charge in [-0.2, -0.15) is 0 Å². The minimum absolute atomic E-state index is 0.00282. The summed E-state index contributed by atoms with van der Waals surface area (Å²) in [7, 11) is 0. The zero-order valence-electron chi connectivity index (χ0n) is 6.47. The molecule has 0 aliphatic carbocycles. The molecule has 0 aliphatic heterocycles.